The molecule has 3 nitrogen and oxygen atoms in total. The molecule has 3 heteroatoms. The van der Waals surface area contributed by atoms with E-state index in [2.05, 4.69) is 0 Å². The van der Waals surface area contributed by atoms with E-state index in [1.165, 1.54) is 0 Å². The first-order chi connectivity index (χ1) is 6.57. The van der Waals surface area contributed by atoms with Crippen LogP contribution in [0.5, 0.6) is 5.75 Å². The Morgan fingerprint density at radius 2 is 1.86 bits per heavy atom. The fourth-order valence-electron chi connectivity index (χ4n) is 1.57. The third-order valence-electron chi connectivity index (χ3n) is 2.45. The molecule has 14 heavy (non-hydrogen) atoms. The van der Waals surface area contributed by atoms with Gasteiger partial charge in [0.25, 0.3) is 0 Å². The van der Waals surface area contributed by atoms with Crippen molar-refractivity contribution in [2.24, 2.45) is 5.73 Å². The third-order valence-corrected chi connectivity index (χ3v) is 2.45. The van der Waals surface area contributed by atoms with Crippen molar-refractivity contribution in [1.29, 1.82) is 0 Å². The van der Waals surface area contributed by atoms with Gasteiger partial charge in [-0.05, 0) is 31.4 Å². The van der Waals surface area contributed by atoms with Gasteiger partial charge >= 0.3 is 0 Å². The van der Waals surface area contributed by atoms with Gasteiger partial charge in [0, 0.05) is 18.2 Å². The van der Waals surface area contributed by atoms with Gasteiger partial charge in [0.05, 0.1) is 0 Å². The van der Waals surface area contributed by atoms with Gasteiger partial charge in [-0.2, -0.15) is 0 Å². The molecule has 0 heterocycles. The number of aryl methyl sites for hydroxylation is 2. The molecule has 0 fully saturated rings. The zero-order valence-corrected chi connectivity index (χ0v) is 8.62. The van der Waals surface area contributed by atoms with Gasteiger partial charge in [-0.15, -0.1) is 0 Å². The summed E-state index contributed by atoms with van der Waals surface area (Å²) in [5, 5.41) is 18.6. The third kappa shape index (κ3) is 2.05. The second-order valence-corrected chi connectivity index (χ2v) is 3.58. The van der Waals surface area contributed by atoms with Crippen LogP contribution in [0, 0.1) is 13.8 Å². The van der Waals surface area contributed by atoms with Crippen LogP contribution in [-0.4, -0.2) is 16.8 Å². The summed E-state index contributed by atoms with van der Waals surface area (Å²) < 4.78 is 0. The number of benzene rings is 1. The fourth-order valence-corrected chi connectivity index (χ4v) is 1.57. The van der Waals surface area contributed by atoms with Crippen molar-refractivity contribution >= 4 is 0 Å². The van der Waals surface area contributed by atoms with Gasteiger partial charge in [0.15, 0.2) is 0 Å². The van der Waals surface area contributed by atoms with Crippen LogP contribution in [0.4, 0.5) is 0 Å². The first-order valence-electron chi connectivity index (χ1n) is 4.73. The summed E-state index contributed by atoms with van der Waals surface area (Å²) in [6.07, 6.45) is 0.470. The van der Waals surface area contributed by atoms with Crippen molar-refractivity contribution in [2.45, 2.75) is 26.3 Å². The average molecular weight is 195 g/mol. The summed E-state index contributed by atoms with van der Waals surface area (Å²) >= 11 is 0. The normalized spacial score (nSPS) is 12.9. The van der Waals surface area contributed by atoms with Crippen LogP contribution in [0.25, 0.3) is 0 Å². The molecule has 1 aromatic carbocycles. The van der Waals surface area contributed by atoms with Crippen molar-refractivity contribution in [2.75, 3.05) is 6.61 Å². The largest absolute Gasteiger partial charge is 0.507 e. The van der Waals surface area contributed by atoms with E-state index in [0.29, 0.717) is 6.42 Å². The molecule has 0 amide bonds. The smallest absolute Gasteiger partial charge is 0.123 e. The molecular weight excluding hydrogens is 178 g/mol. The zero-order valence-electron chi connectivity index (χ0n) is 8.62. The fraction of sp³-hybridized carbons (Fsp3) is 0.455. The Kier molecular flexibility index (Phi) is 3.49. The number of aliphatic hydroxyl groups is 1. The average Bonchev–Trinajstić information content (AvgIpc) is 2.13. The zero-order chi connectivity index (χ0) is 10.7. The predicted molar refractivity (Wildman–Crippen MR) is 56.2 cm³/mol. The molecule has 78 valence electrons. The molecule has 0 aliphatic carbocycles. The summed E-state index contributed by atoms with van der Waals surface area (Å²) in [6, 6.07) is 3.50. The molecule has 0 aliphatic rings. The molecule has 0 bridgehead atoms. The second kappa shape index (κ2) is 4.44. The second-order valence-electron chi connectivity index (χ2n) is 3.58. The Morgan fingerprint density at radius 3 is 2.43 bits per heavy atom. The number of aromatic hydroxyl groups is 1. The van der Waals surface area contributed by atoms with Crippen molar-refractivity contribution in [3.8, 4) is 5.75 Å². The lowest BCUT2D eigenvalue weighted by atomic mass is 9.96. The predicted octanol–water partition coefficient (Wildman–Crippen LogP) is 1.39. The molecule has 0 saturated carbocycles. The maximum absolute atomic E-state index is 9.81. The van der Waals surface area contributed by atoms with Crippen LogP contribution in [-0.2, 0) is 0 Å². The SMILES string of the molecule is Cc1ccc(C)c([C@H](N)CCO)c1O. The van der Waals surface area contributed by atoms with Crippen molar-refractivity contribution < 1.29 is 10.2 Å². The number of phenolic OH excluding ortho intramolecular Hbond substituents is 1. The van der Waals surface area contributed by atoms with Crippen molar-refractivity contribution in [1.82, 2.24) is 0 Å². The van der Waals surface area contributed by atoms with Crippen LogP contribution < -0.4 is 5.73 Å². The Labute approximate surface area is 84.2 Å². The van der Waals surface area contributed by atoms with Crippen LogP contribution in [0.2, 0.25) is 0 Å². The van der Waals surface area contributed by atoms with E-state index in [0.717, 1.165) is 16.7 Å². The lowest BCUT2D eigenvalue weighted by Gasteiger charge is -2.16. The highest BCUT2D eigenvalue weighted by atomic mass is 16.3. The quantitative estimate of drug-likeness (QED) is 0.682. The number of nitrogens with two attached hydrogens (primary N) is 1. The van der Waals surface area contributed by atoms with Gasteiger partial charge in [-0.25, -0.2) is 0 Å². The minimum absolute atomic E-state index is 0.0357. The van der Waals surface area contributed by atoms with E-state index < -0.39 is 0 Å². The van der Waals surface area contributed by atoms with Crippen LogP contribution >= 0.6 is 0 Å². The Balaban J connectivity index is 3.11. The summed E-state index contributed by atoms with van der Waals surface area (Å²) in [5.74, 6) is 0.256. The summed E-state index contributed by atoms with van der Waals surface area (Å²) in [6.45, 7) is 3.78. The van der Waals surface area contributed by atoms with Crippen LogP contribution in [0.3, 0.4) is 0 Å². The van der Waals surface area contributed by atoms with Gasteiger partial charge in [-0.1, -0.05) is 12.1 Å². The molecule has 0 aliphatic heterocycles. The molecule has 1 rings (SSSR count). The molecule has 1 atom stereocenters. The number of rotatable bonds is 3. The minimum Gasteiger partial charge on any atom is -0.507 e. The van der Waals surface area contributed by atoms with Gasteiger partial charge in [-0.3, -0.25) is 0 Å². The van der Waals surface area contributed by atoms with E-state index >= 15 is 0 Å². The maximum Gasteiger partial charge on any atom is 0.123 e. The van der Waals surface area contributed by atoms with Crippen LogP contribution in [0.15, 0.2) is 12.1 Å². The molecule has 0 aromatic heterocycles. The summed E-state index contributed by atoms with van der Waals surface area (Å²) in [5.41, 5.74) is 8.39. The van der Waals surface area contributed by atoms with Crippen molar-refractivity contribution in [3.05, 3.63) is 28.8 Å². The lowest BCUT2D eigenvalue weighted by molar-refractivity contribution is 0.275. The maximum atomic E-state index is 9.81. The molecule has 0 saturated heterocycles. The minimum atomic E-state index is -0.292. The molecule has 1 aromatic rings. The topological polar surface area (TPSA) is 66.5 Å². The first kappa shape index (κ1) is 11.0. The van der Waals surface area contributed by atoms with E-state index in [4.69, 9.17) is 10.8 Å². The first-order valence-corrected chi connectivity index (χ1v) is 4.73. The Bertz CT molecular complexity index is 323. The van der Waals surface area contributed by atoms with Gasteiger partial charge in [0.1, 0.15) is 5.75 Å². The molecule has 0 spiro atoms. The van der Waals surface area contributed by atoms with Gasteiger partial charge < -0.3 is 15.9 Å². The van der Waals surface area contributed by atoms with Crippen LogP contribution in [0.1, 0.15) is 29.2 Å². The molecule has 4 N–H and O–H groups in total. The highest BCUT2D eigenvalue weighted by Gasteiger charge is 2.14. The van der Waals surface area contributed by atoms with E-state index in [-0.39, 0.29) is 18.4 Å². The number of hydrogen-bond donors (Lipinski definition) is 3. The standard InChI is InChI=1S/C11H17NO2/c1-7-3-4-8(2)11(14)10(7)9(12)5-6-13/h3-4,9,13-14H,5-6,12H2,1-2H3/t9-/m1/s1. The monoisotopic (exact) mass is 195 g/mol. The Morgan fingerprint density at radius 1 is 1.29 bits per heavy atom. The highest BCUT2D eigenvalue weighted by molar-refractivity contribution is 5.46. The van der Waals surface area contributed by atoms with Crippen molar-refractivity contribution in [3.63, 3.8) is 0 Å². The number of phenols is 1. The Hall–Kier alpha value is -1.06. The molecule has 0 radical (unpaired) electrons. The highest BCUT2D eigenvalue weighted by Crippen LogP contribution is 2.30. The van der Waals surface area contributed by atoms with Gasteiger partial charge in [0.2, 0.25) is 0 Å². The van der Waals surface area contributed by atoms with E-state index in [1.54, 1.807) is 0 Å². The summed E-state index contributed by atoms with van der Waals surface area (Å²) in [4.78, 5) is 0. The number of aliphatic hydroxyl groups excluding tert-OH is 1. The van der Waals surface area contributed by atoms with E-state index in [1.807, 2.05) is 26.0 Å². The number of hydrogen-bond acceptors (Lipinski definition) is 3. The lowest BCUT2D eigenvalue weighted by Crippen LogP contribution is -2.13. The molecule has 0 unspecified atom stereocenters. The molecular formula is C11H17NO2. The summed E-state index contributed by atoms with van der Waals surface area (Å²) in [7, 11) is 0. The van der Waals surface area contributed by atoms with E-state index in [9.17, 15) is 5.11 Å².